The van der Waals surface area contributed by atoms with Crippen LogP contribution in [0.2, 0.25) is 0 Å². The van der Waals surface area contributed by atoms with E-state index in [2.05, 4.69) is 0 Å². The number of aryl methyl sites for hydroxylation is 1. The van der Waals surface area contributed by atoms with Crippen molar-refractivity contribution < 1.29 is 17.9 Å². The average molecular weight is 267 g/mol. The maximum atomic E-state index is 13.1. The number of hydrogen-bond acceptors (Lipinski definition) is 2. The van der Waals surface area contributed by atoms with E-state index in [4.69, 9.17) is 10.5 Å². The van der Waals surface area contributed by atoms with E-state index in [1.165, 1.54) is 24.3 Å². The van der Waals surface area contributed by atoms with Crippen LogP contribution in [0.25, 0.3) is 0 Å². The van der Waals surface area contributed by atoms with Crippen LogP contribution in [0.5, 0.6) is 11.5 Å². The Morgan fingerprint density at radius 3 is 2.47 bits per heavy atom. The van der Waals surface area contributed by atoms with Crippen molar-refractivity contribution in [3.8, 4) is 11.5 Å². The Morgan fingerprint density at radius 2 is 1.79 bits per heavy atom. The van der Waals surface area contributed by atoms with E-state index in [1.54, 1.807) is 6.92 Å². The highest BCUT2D eigenvalue weighted by Gasteiger charge is 2.16. The molecule has 0 radical (unpaired) electrons. The van der Waals surface area contributed by atoms with Gasteiger partial charge in [0.15, 0.2) is 0 Å². The van der Waals surface area contributed by atoms with Gasteiger partial charge in [-0.3, -0.25) is 0 Å². The van der Waals surface area contributed by atoms with Crippen LogP contribution in [0, 0.1) is 12.7 Å². The first-order valence-electron chi connectivity index (χ1n) is 5.59. The quantitative estimate of drug-likeness (QED) is 0.834. The van der Waals surface area contributed by atoms with Crippen molar-refractivity contribution >= 4 is 5.69 Å². The molecule has 0 aromatic heterocycles. The lowest BCUT2D eigenvalue weighted by molar-refractivity contribution is 0.148. The van der Waals surface area contributed by atoms with Gasteiger partial charge in [-0.2, -0.15) is 0 Å². The standard InChI is InChI=1S/C14H12F3NO/c1-8-2-3-9(15)6-13(8)19-12-5-4-10(18)7-11(12)14(16)17/h2-7,14H,18H2,1H3. The summed E-state index contributed by atoms with van der Waals surface area (Å²) < 4.78 is 44.2. The molecule has 0 atom stereocenters. The number of nitrogens with two attached hydrogens (primary N) is 1. The van der Waals surface area contributed by atoms with Crippen LogP contribution in [-0.2, 0) is 0 Å². The van der Waals surface area contributed by atoms with Crippen LogP contribution in [0.4, 0.5) is 18.9 Å². The van der Waals surface area contributed by atoms with E-state index in [-0.39, 0.29) is 22.7 Å². The molecule has 0 saturated heterocycles. The lowest BCUT2D eigenvalue weighted by Gasteiger charge is -2.13. The molecule has 0 aliphatic heterocycles. The summed E-state index contributed by atoms with van der Waals surface area (Å²) in [5.41, 5.74) is 6.02. The zero-order valence-corrected chi connectivity index (χ0v) is 10.2. The van der Waals surface area contributed by atoms with Crippen molar-refractivity contribution in [3.63, 3.8) is 0 Å². The molecule has 0 spiro atoms. The minimum Gasteiger partial charge on any atom is -0.456 e. The molecule has 2 aromatic rings. The molecule has 19 heavy (non-hydrogen) atoms. The summed E-state index contributed by atoms with van der Waals surface area (Å²) in [4.78, 5) is 0. The lowest BCUT2D eigenvalue weighted by Crippen LogP contribution is -1.96. The molecule has 0 unspecified atom stereocenters. The van der Waals surface area contributed by atoms with Gasteiger partial charge in [0.25, 0.3) is 6.43 Å². The van der Waals surface area contributed by atoms with Gasteiger partial charge in [0.2, 0.25) is 0 Å². The van der Waals surface area contributed by atoms with Gasteiger partial charge in [0.1, 0.15) is 17.3 Å². The number of hydrogen-bond donors (Lipinski definition) is 1. The lowest BCUT2D eigenvalue weighted by atomic mass is 10.1. The Bertz CT molecular complexity index is 599. The number of rotatable bonds is 3. The van der Waals surface area contributed by atoms with Crippen LogP contribution in [0.15, 0.2) is 36.4 Å². The zero-order chi connectivity index (χ0) is 14.0. The third kappa shape index (κ3) is 2.99. The smallest absolute Gasteiger partial charge is 0.267 e. The Balaban J connectivity index is 2.40. The van der Waals surface area contributed by atoms with Gasteiger partial charge in [0, 0.05) is 11.8 Å². The molecule has 0 heterocycles. The highest BCUT2D eigenvalue weighted by atomic mass is 19.3. The van der Waals surface area contributed by atoms with Crippen molar-refractivity contribution in [2.75, 3.05) is 5.73 Å². The maximum absolute atomic E-state index is 13.1. The van der Waals surface area contributed by atoms with Gasteiger partial charge in [-0.15, -0.1) is 0 Å². The Kier molecular flexibility index (Phi) is 3.64. The van der Waals surface area contributed by atoms with Crippen molar-refractivity contribution in [2.24, 2.45) is 0 Å². The number of alkyl halides is 2. The van der Waals surface area contributed by atoms with Crippen molar-refractivity contribution in [1.29, 1.82) is 0 Å². The van der Waals surface area contributed by atoms with Gasteiger partial charge in [-0.05, 0) is 36.8 Å². The van der Waals surface area contributed by atoms with E-state index in [9.17, 15) is 13.2 Å². The number of benzene rings is 2. The molecule has 2 aromatic carbocycles. The van der Waals surface area contributed by atoms with Gasteiger partial charge >= 0.3 is 0 Å². The van der Waals surface area contributed by atoms with E-state index in [1.807, 2.05) is 0 Å². The molecule has 0 amide bonds. The van der Waals surface area contributed by atoms with Gasteiger partial charge in [0.05, 0.1) is 5.56 Å². The molecule has 0 aliphatic rings. The summed E-state index contributed by atoms with van der Waals surface area (Å²) in [5, 5.41) is 0. The van der Waals surface area contributed by atoms with Gasteiger partial charge in [-0.25, -0.2) is 13.2 Å². The summed E-state index contributed by atoms with van der Waals surface area (Å²) in [6.07, 6.45) is -2.72. The zero-order valence-electron chi connectivity index (χ0n) is 10.2. The predicted molar refractivity (Wildman–Crippen MR) is 67.0 cm³/mol. The summed E-state index contributed by atoms with van der Waals surface area (Å²) >= 11 is 0. The second-order valence-electron chi connectivity index (χ2n) is 4.11. The largest absolute Gasteiger partial charge is 0.456 e. The van der Waals surface area contributed by atoms with E-state index >= 15 is 0 Å². The molecule has 2 rings (SSSR count). The number of nitrogen functional groups attached to an aromatic ring is 1. The fraction of sp³-hybridized carbons (Fsp3) is 0.143. The molecule has 5 heteroatoms. The molecular weight excluding hydrogens is 255 g/mol. The van der Waals surface area contributed by atoms with Crippen molar-refractivity contribution in [3.05, 3.63) is 53.3 Å². The maximum Gasteiger partial charge on any atom is 0.267 e. The summed E-state index contributed by atoms with van der Waals surface area (Å²) in [6, 6.07) is 7.90. The number of ether oxygens (including phenoxy) is 1. The van der Waals surface area contributed by atoms with Crippen LogP contribution < -0.4 is 10.5 Å². The molecule has 2 nitrogen and oxygen atoms in total. The summed E-state index contributed by atoms with van der Waals surface area (Å²) in [7, 11) is 0. The summed E-state index contributed by atoms with van der Waals surface area (Å²) in [5.74, 6) is -0.320. The molecule has 0 saturated carbocycles. The van der Waals surface area contributed by atoms with Gasteiger partial charge in [-0.1, -0.05) is 6.07 Å². The normalized spacial score (nSPS) is 10.8. The average Bonchev–Trinajstić information content (AvgIpc) is 2.35. The van der Waals surface area contributed by atoms with Crippen molar-refractivity contribution in [1.82, 2.24) is 0 Å². The highest BCUT2D eigenvalue weighted by molar-refractivity contribution is 5.50. The Labute approximate surface area is 108 Å². The topological polar surface area (TPSA) is 35.2 Å². The number of halogens is 3. The first kappa shape index (κ1) is 13.3. The highest BCUT2D eigenvalue weighted by Crippen LogP contribution is 2.35. The fourth-order valence-corrected chi connectivity index (χ4v) is 1.63. The molecule has 0 bridgehead atoms. The second kappa shape index (κ2) is 5.22. The molecule has 100 valence electrons. The first-order valence-corrected chi connectivity index (χ1v) is 5.59. The SMILES string of the molecule is Cc1ccc(F)cc1Oc1ccc(N)cc1C(F)F. The first-order chi connectivity index (χ1) is 8.97. The molecule has 0 aliphatic carbocycles. The van der Waals surface area contributed by atoms with Crippen LogP contribution in [0.3, 0.4) is 0 Å². The Hall–Kier alpha value is -2.17. The van der Waals surface area contributed by atoms with Gasteiger partial charge < -0.3 is 10.5 Å². The van der Waals surface area contributed by atoms with Crippen LogP contribution in [0.1, 0.15) is 17.6 Å². The Morgan fingerprint density at radius 1 is 1.05 bits per heavy atom. The number of anilines is 1. The molecule has 0 fully saturated rings. The molecular formula is C14H12F3NO. The molecule has 2 N–H and O–H groups in total. The van der Waals surface area contributed by atoms with Crippen LogP contribution in [-0.4, -0.2) is 0 Å². The minimum atomic E-state index is -2.72. The second-order valence-corrected chi connectivity index (χ2v) is 4.11. The van der Waals surface area contributed by atoms with Crippen molar-refractivity contribution in [2.45, 2.75) is 13.3 Å². The fourth-order valence-electron chi connectivity index (χ4n) is 1.63. The summed E-state index contributed by atoms with van der Waals surface area (Å²) in [6.45, 7) is 1.70. The predicted octanol–water partition coefficient (Wildman–Crippen LogP) is 4.45. The monoisotopic (exact) mass is 267 g/mol. The minimum absolute atomic E-state index is 0.0297. The van der Waals surface area contributed by atoms with E-state index in [0.717, 1.165) is 12.1 Å². The third-order valence-corrected chi connectivity index (χ3v) is 2.64. The van der Waals surface area contributed by atoms with E-state index < -0.39 is 12.2 Å². The van der Waals surface area contributed by atoms with Crippen LogP contribution >= 0.6 is 0 Å². The van der Waals surface area contributed by atoms with E-state index in [0.29, 0.717) is 5.56 Å². The third-order valence-electron chi connectivity index (χ3n) is 2.64.